The van der Waals surface area contributed by atoms with Crippen LogP contribution >= 0.6 is 23.7 Å². The lowest BCUT2D eigenvalue weighted by molar-refractivity contribution is 0.146. The maximum absolute atomic E-state index is 10.4. The third-order valence-corrected chi connectivity index (χ3v) is 4.39. The number of thiazole rings is 1. The summed E-state index contributed by atoms with van der Waals surface area (Å²) in [4.78, 5) is 4.46. The van der Waals surface area contributed by atoms with E-state index in [0.717, 1.165) is 15.8 Å². The highest BCUT2D eigenvalue weighted by Crippen LogP contribution is 2.28. The SMILES string of the molecule is Cl.NC(Cc1ccccc1)C(O)c1nc2ccccc2s1. The summed E-state index contributed by atoms with van der Waals surface area (Å²) in [5.41, 5.74) is 8.16. The van der Waals surface area contributed by atoms with Crippen LogP contribution in [0.5, 0.6) is 0 Å². The predicted molar refractivity (Wildman–Crippen MR) is 89.9 cm³/mol. The molecule has 3 nitrogen and oxygen atoms in total. The molecular formula is C16H17ClN2OS. The Bertz CT molecular complexity index is 669. The number of nitrogens with two attached hydrogens (primary N) is 1. The Kier molecular flexibility index (Phi) is 5.31. The van der Waals surface area contributed by atoms with Crippen LogP contribution in [0.4, 0.5) is 0 Å². The number of fused-ring (bicyclic) bond motifs is 1. The molecule has 2 aromatic carbocycles. The van der Waals surface area contributed by atoms with E-state index >= 15 is 0 Å². The standard InChI is InChI=1S/C16H16N2OS.ClH/c17-12(10-11-6-2-1-3-7-11)15(19)16-18-13-8-4-5-9-14(13)20-16;/h1-9,12,15,19H,10,17H2;1H. The van der Waals surface area contributed by atoms with Gasteiger partial charge in [-0.3, -0.25) is 0 Å². The first-order chi connectivity index (χ1) is 9.74. The van der Waals surface area contributed by atoms with Crippen molar-refractivity contribution in [1.29, 1.82) is 0 Å². The molecule has 0 saturated carbocycles. The lowest BCUT2D eigenvalue weighted by atomic mass is 10.0. The normalized spacial score (nSPS) is 13.6. The summed E-state index contributed by atoms with van der Waals surface area (Å²) in [6.45, 7) is 0. The number of para-hydroxylation sites is 1. The maximum Gasteiger partial charge on any atom is 0.124 e. The predicted octanol–water partition coefficient (Wildman–Crippen LogP) is 3.32. The zero-order chi connectivity index (χ0) is 13.9. The Hall–Kier alpha value is -1.46. The molecule has 0 amide bonds. The van der Waals surface area contributed by atoms with E-state index in [1.54, 1.807) is 0 Å². The van der Waals surface area contributed by atoms with E-state index < -0.39 is 6.10 Å². The smallest absolute Gasteiger partial charge is 0.124 e. The molecule has 2 atom stereocenters. The summed E-state index contributed by atoms with van der Waals surface area (Å²) in [6.07, 6.45) is -0.0922. The van der Waals surface area contributed by atoms with E-state index in [0.29, 0.717) is 11.4 Å². The number of aromatic nitrogens is 1. The van der Waals surface area contributed by atoms with Crippen LogP contribution in [0.25, 0.3) is 10.2 Å². The molecule has 0 radical (unpaired) electrons. The Morgan fingerprint density at radius 2 is 1.71 bits per heavy atom. The molecule has 5 heteroatoms. The van der Waals surface area contributed by atoms with Crippen molar-refractivity contribution in [2.24, 2.45) is 5.73 Å². The molecule has 0 spiro atoms. The molecule has 0 bridgehead atoms. The van der Waals surface area contributed by atoms with Gasteiger partial charge in [-0.2, -0.15) is 0 Å². The van der Waals surface area contributed by atoms with Crippen LogP contribution in [0.2, 0.25) is 0 Å². The summed E-state index contributed by atoms with van der Waals surface area (Å²) >= 11 is 1.50. The molecule has 110 valence electrons. The van der Waals surface area contributed by atoms with Gasteiger partial charge >= 0.3 is 0 Å². The second-order valence-electron chi connectivity index (χ2n) is 4.82. The van der Waals surface area contributed by atoms with E-state index in [1.807, 2.05) is 54.6 Å². The number of aliphatic hydroxyl groups excluding tert-OH is 1. The number of aliphatic hydroxyl groups is 1. The van der Waals surface area contributed by atoms with Crippen molar-refractivity contribution >= 4 is 34.0 Å². The maximum atomic E-state index is 10.4. The van der Waals surface area contributed by atoms with Crippen molar-refractivity contribution in [3.05, 3.63) is 65.2 Å². The fourth-order valence-corrected chi connectivity index (χ4v) is 3.23. The van der Waals surface area contributed by atoms with Crippen LogP contribution < -0.4 is 5.73 Å². The van der Waals surface area contributed by atoms with E-state index in [9.17, 15) is 5.11 Å². The lowest BCUT2D eigenvalue weighted by Crippen LogP contribution is -2.30. The minimum atomic E-state index is -0.729. The molecule has 1 aromatic heterocycles. The molecule has 0 aliphatic rings. The molecule has 0 saturated heterocycles. The zero-order valence-corrected chi connectivity index (χ0v) is 13.0. The van der Waals surface area contributed by atoms with Gasteiger partial charge in [-0.05, 0) is 24.1 Å². The highest BCUT2D eigenvalue weighted by atomic mass is 35.5. The van der Waals surface area contributed by atoms with Crippen LogP contribution in [0.15, 0.2) is 54.6 Å². The number of benzene rings is 2. The van der Waals surface area contributed by atoms with Crippen LogP contribution in [0.3, 0.4) is 0 Å². The molecular weight excluding hydrogens is 304 g/mol. The zero-order valence-electron chi connectivity index (χ0n) is 11.3. The summed E-state index contributed by atoms with van der Waals surface area (Å²) in [6, 6.07) is 17.5. The highest BCUT2D eigenvalue weighted by molar-refractivity contribution is 7.18. The van der Waals surface area contributed by atoms with Crippen molar-refractivity contribution < 1.29 is 5.11 Å². The third-order valence-electron chi connectivity index (χ3n) is 3.28. The molecule has 3 rings (SSSR count). The van der Waals surface area contributed by atoms with Crippen molar-refractivity contribution in [1.82, 2.24) is 4.98 Å². The van der Waals surface area contributed by atoms with Gasteiger partial charge in [-0.15, -0.1) is 23.7 Å². The molecule has 0 aliphatic heterocycles. The Morgan fingerprint density at radius 1 is 1.05 bits per heavy atom. The minimum Gasteiger partial charge on any atom is -0.384 e. The average molecular weight is 321 g/mol. The second kappa shape index (κ2) is 7.00. The summed E-state index contributed by atoms with van der Waals surface area (Å²) in [5.74, 6) is 0. The Morgan fingerprint density at radius 3 is 2.43 bits per heavy atom. The molecule has 1 heterocycles. The van der Waals surface area contributed by atoms with Crippen molar-refractivity contribution in [3.63, 3.8) is 0 Å². The fraction of sp³-hybridized carbons (Fsp3) is 0.188. The van der Waals surface area contributed by atoms with Crippen LogP contribution in [-0.4, -0.2) is 16.1 Å². The number of rotatable bonds is 4. The van der Waals surface area contributed by atoms with E-state index in [4.69, 9.17) is 5.73 Å². The molecule has 0 fully saturated rings. The Labute approximate surface area is 133 Å². The van der Waals surface area contributed by atoms with Gasteiger partial charge in [-0.25, -0.2) is 4.98 Å². The fourth-order valence-electron chi connectivity index (χ4n) is 2.20. The number of halogens is 1. The third kappa shape index (κ3) is 3.60. The average Bonchev–Trinajstić information content (AvgIpc) is 2.91. The van der Waals surface area contributed by atoms with Crippen molar-refractivity contribution in [3.8, 4) is 0 Å². The van der Waals surface area contributed by atoms with Gasteiger partial charge < -0.3 is 10.8 Å². The Balaban J connectivity index is 0.00000161. The van der Waals surface area contributed by atoms with Gasteiger partial charge in [0.05, 0.1) is 10.2 Å². The van der Waals surface area contributed by atoms with Crippen molar-refractivity contribution in [2.75, 3.05) is 0 Å². The van der Waals surface area contributed by atoms with Gasteiger partial charge in [0.15, 0.2) is 0 Å². The lowest BCUT2D eigenvalue weighted by Gasteiger charge is -2.16. The first-order valence-corrected chi connectivity index (χ1v) is 7.39. The van der Waals surface area contributed by atoms with Crippen molar-refractivity contribution in [2.45, 2.75) is 18.6 Å². The second-order valence-corrected chi connectivity index (χ2v) is 5.88. The minimum absolute atomic E-state index is 0. The number of hydrogen-bond donors (Lipinski definition) is 2. The molecule has 2 unspecified atom stereocenters. The van der Waals surface area contributed by atoms with Gasteiger partial charge in [0.25, 0.3) is 0 Å². The molecule has 3 N–H and O–H groups in total. The monoisotopic (exact) mass is 320 g/mol. The van der Waals surface area contributed by atoms with Crippen LogP contribution in [-0.2, 0) is 6.42 Å². The van der Waals surface area contributed by atoms with Gasteiger partial charge in [-0.1, -0.05) is 42.5 Å². The summed E-state index contributed by atoms with van der Waals surface area (Å²) < 4.78 is 1.08. The number of nitrogens with zero attached hydrogens (tertiary/aromatic N) is 1. The van der Waals surface area contributed by atoms with E-state index in [2.05, 4.69) is 4.98 Å². The van der Waals surface area contributed by atoms with Crippen LogP contribution in [0.1, 0.15) is 16.7 Å². The molecule has 3 aromatic rings. The first kappa shape index (κ1) is 15.9. The number of hydrogen-bond acceptors (Lipinski definition) is 4. The van der Waals surface area contributed by atoms with Crippen LogP contribution in [0, 0.1) is 0 Å². The van der Waals surface area contributed by atoms with Gasteiger partial charge in [0.2, 0.25) is 0 Å². The van der Waals surface area contributed by atoms with E-state index in [-0.39, 0.29) is 18.4 Å². The quantitative estimate of drug-likeness (QED) is 0.775. The summed E-state index contributed by atoms with van der Waals surface area (Å²) in [5, 5.41) is 11.1. The highest BCUT2D eigenvalue weighted by Gasteiger charge is 2.21. The topological polar surface area (TPSA) is 59.1 Å². The molecule has 0 aliphatic carbocycles. The van der Waals surface area contributed by atoms with E-state index in [1.165, 1.54) is 11.3 Å². The molecule has 21 heavy (non-hydrogen) atoms. The largest absolute Gasteiger partial charge is 0.384 e. The summed E-state index contributed by atoms with van der Waals surface area (Å²) in [7, 11) is 0. The first-order valence-electron chi connectivity index (χ1n) is 6.57. The van der Waals surface area contributed by atoms with Gasteiger partial charge in [0, 0.05) is 6.04 Å². The van der Waals surface area contributed by atoms with Gasteiger partial charge in [0.1, 0.15) is 11.1 Å².